The fourth-order valence-electron chi connectivity index (χ4n) is 8.27. The molecule has 0 saturated carbocycles. The van der Waals surface area contributed by atoms with Crippen LogP contribution in [0.15, 0.2) is 158 Å². The van der Waals surface area contributed by atoms with Gasteiger partial charge in [-0.25, -0.2) is 0 Å². The number of esters is 3. The van der Waals surface area contributed by atoms with Gasteiger partial charge in [0.05, 0.1) is 0 Å². The van der Waals surface area contributed by atoms with E-state index in [-0.39, 0.29) is 31.1 Å². The molecule has 0 aromatic rings. The zero-order valence-corrected chi connectivity index (χ0v) is 50.8. The van der Waals surface area contributed by atoms with E-state index in [0.29, 0.717) is 19.3 Å². The van der Waals surface area contributed by atoms with Crippen molar-refractivity contribution < 1.29 is 28.6 Å². The zero-order valence-electron chi connectivity index (χ0n) is 50.8. The van der Waals surface area contributed by atoms with Gasteiger partial charge in [0, 0.05) is 19.3 Å². The maximum atomic E-state index is 12.9. The predicted octanol–water partition coefficient (Wildman–Crippen LogP) is 22.1. The van der Waals surface area contributed by atoms with Crippen molar-refractivity contribution in [3.05, 3.63) is 158 Å². The normalized spacial score (nSPS) is 13.2. The number of allylic oxidation sites excluding steroid dienone is 26. The summed E-state index contributed by atoms with van der Waals surface area (Å²) in [5.41, 5.74) is 0. The van der Waals surface area contributed by atoms with Gasteiger partial charge < -0.3 is 14.2 Å². The van der Waals surface area contributed by atoms with Crippen molar-refractivity contribution in [2.75, 3.05) is 13.2 Å². The second-order valence-corrected chi connectivity index (χ2v) is 20.5. The Hall–Kier alpha value is -4.97. The molecule has 0 fully saturated rings. The summed E-state index contributed by atoms with van der Waals surface area (Å²) in [7, 11) is 0. The van der Waals surface area contributed by atoms with Crippen molar-refractivity contribution >= 4 is 17.9 Å². The van der Waals surface area contributed by atoms with Crippen LogP contribution in [0, 0.1) is 0 Å². The third kappa shape index (κ3) is 63.7. The molecule has 0 heterocycles. The van der Waals surface area contributed by atoms with E-state index >= 15 is 0 Å². The number of carbonyl (C=O) groups excluding carboxylic acids is 3. The summed E-state index contributed by atoms with van der Waals surface area (Å²) < 4.78 is 16.9. The third-order valence-electron chi connectivity index (χ3n) is 13.0. The molecule has 0 aromatic heterocycles. The van der Waals surface area contributed by atoms with Gasteiger partial charge in [-0.3, -0.25) is 14.4 Å². The smallest absolute Gasteiger partial charge is 0.306 e. The minimum atomic E-state index is -0.809. The first kappa shape index (κ1) is 74.0. The molecule has 0 aliphatic heterocycles. The Labute approximate surface area is 486 Å². The lowest BCUT2D eigenvalue weighted by molar-refractivity contribution is -0.167. The summed E-state index contributed by atoms with van der Waals surface area (Å²) in [6, 6.07) is 0. The van der Waals surface area contributed by atoms with Crippen molar-refractivity contribution in [2.45, 2.75) is 271 Å². The van der Waals surface area contributed by atoms with Crippen LogP contribution in [0.3, 0.4) is 0 Å². The van der Waals surface area contributed by atoms with Gasteiger partial charge in [0.15, 0.2) is 6.10 Å². The van der Waals surface area contributed by atoms with E-state index in [4.69, 9.17) is 14.2 Å². The first-order valence-electron chi connectivity index (χ1n) is 32.0. The SMILES string of the molecule is CC/C=C\C/C=C\C/C=C\C/C=C\C/C=C\C/C=C\C/C=C\C/C=C\CCCCCCC(=O)OCC(COC(=O)CCCCCCC/C=C\C/C=C\C/C=C\CC)OC(=O)CCCCCCCCC/C=C\C/C=C\CCCCC. The number of carbonyl (C=O) groups is 3. The fourth-order valence-corrected chi connectivity index (χ4v) is 8.27. The molecule has 0 N–H and O–H groups in total. The van der Waals surface area contributed by atoms with Crippen molar-refractivity contribution in [3.63, 3.8) is 0 Å². The highest BCUT2D eigenvalue weighted by molar-refractivity contribution is 5.71. The molecule has 1 atom stereocenters. The molecule has 0 aliphatic carbocycles. The Morgan fingerprint density at radius 1 is 0.266 bits per heavy atom. The molecule has 79 heavy (non-hydrogen) atoms. The molecule has 0 radical (unpaired) electrons. The lowest BCUT2D eigenvalue weighted by Crippen LogP contribution is -2.30. The third-order valence-corrected chi connectivity index (χ3v) is 13.0. The molecule has 0 bridgehead atoms. The van der Waals surface area contributed by atoms with Gasteiger partial charge in [-0.2, -0.15) is 0 Å². The molecule has 0 saturated heterocycles. The minimum absolute atomic E-state index is 0.105. The van der Waals surface area contributed by atoms with E-state index < -0.39 is 6.10 Å². The zero-order chi connectivity index (χ0) is 57.1. The van der Waals surface area contributed by atoms with Gasteiger partial charge in [0.25, 0.3) is 0 Å². The van der Waals surface area contributed by atoms with Gasteiger partial charge in [0.1, 0.15) is 13.2 Å². The van der Waals surface area contributed by atoms with Crippen LogP contribution in [-0.2, 0) is 28.6 Å². The minimum Gasteiger partial charge on any atom is -0.462 e. The molecule has 0 aromatic carbocycles. The Bertz CT molecular complexity index is 1780. The van der Waals surface area contributed by atoms with Crippen LogP contribution in [0.4, 0.5) is 0 Å². The summed E-state index contributed by atoms with van der Waals surface area (Å²) in [5.74, 6) is -0.956. The second-order valence-electron chi connectivity index (χ2n) is 20.5. The Kier molecular flexibility index (Phi) is 61.4. The van der Waals surface area contributed by atoms with Crippen LogP contribution < -0.4 is 0 Å². The van der Waals surface area contributed by atoms with Crippen molar-refractivity contribution in [3.8, 4) is 0 Å². The quantitative estimate of drug-likeness (QED) is 0.0261. The molecular formula is C73H116O6. The van der Waals surface area contributed by atoms with Crippen LogP contribution in [0.5, 0.6) is 0 Å². The van der Waals surface area contributed by atoms with Crippen molar-refractivity contribution in [1.29, 1.82) is 0 Å². The summed E-state index contributed by atoms with van der Waals surface area (Å²) >= 11 is 0. The van der Waals surface area contributed by atoms with E-state index in [1.807, 2.05) is 0 Å². The first-order chi connectivity index (χ1) is 39.0. The molecule has 6 nitrogen and oxygen atoms in total. The summed E-state index contributed by atoms with van der Waals surface area (Å²) in [4.78, 5) is 38.3. The van der Waals surface area contributed by atoms with Crippen molar-refractivity contribution in [1.82, 2.24) is 0 Å². The predicted molar refractivity (Wildman–Crippen MR) is 343 cm³/mol. The average Bonchev–Trinajstić information content (AvgIpc) is 3.45. The first-order valence-corrected chi connectivity index (χ1v) is 32.0. The van der Waals surface area contributed by atoms with Gasteiger partial charge >= 0.3 is 17.9 Å². The highest BCUT2D eigenvalue weighted by atomic mass is 16.6. The van der Waals surface area contributed by atoms with Gasteiger partial charge in [-0.1, -0.05) is 256 Å². The van der Waals surface area contributed by atoms with Crippen LogP contribution in [0.2, 0.25) is 0 Å². The highest BCUT2D eigenvalue weighted by Crippen LogP contribution is 2.14. The Balaban J connectivity index is 4.44. The lowest BCUT2D eigenvalue weighted by atomic mass is 10.1. The van der Waals surface area contributed by atoms with E-state index in [2.05, 4.69) is 179 Å². The van der Waals surface area contributed by atoms with Crippen LogP contribution >= 0.6 is 0 Å². The second kappa shape index (κ2) is 65.5. The maximum absolute atomic E-state index is 12.9. The summed E-state index contributed by atoms with van der Waals surface area (Å²) in [6.45, 7) is 6.34. The number of hydrogen-bond donors (Lipinski definition) is 0. The van der Waals surface area contributed by atoms with Crippen LogP contribution in [-0.4, -0.2) is 37.2 Å². The van der Waals surface area contributed by atoms with Gasteiger partial charge in [-0.05, 0) is 148 Å². The van der Waals surface area contributed by atoms with E-state index in [9.17, 15) is 14.4 Å². The largest absolute Gasteiger partial charge is 0.462 e. The highest BCUT2D eigenvalue weighted by Gasteiger charge is 2.19. The van der Waals surface area contributed by atoms with Crippen LogP contribution in [0.25, 0.3) is 0 Å². The monoisotopic (exact) mass is 1090 g/mol. The van der Waals surface area contributed by atoms with E-state index in [1.165, 1.54) is 51.4 Å². The maximum Gasteiger partial charge on any atom is 0.306 e. The molecule has 1 unspecified atom stereocenters. The molecular weight excluding hydrogens is 973 g/mol. The molecule has 0 amide bonds. The molecule has 444 valence electrons. The Morgan fingerprint density at radius 3 is 0.772 bits per heavy atom. The molecule has 0 rings (SSSR count). The standard InChI is InChI=1S/C73H116O6/c1-4-7-10-13-16-19-22-25-28-30-31-32-33-34-35-36-37-38-39-40-41-43-45-48-51-54-57-60-63-66-72(75)78-69-70(68-77-71(74)65-62-59-56-53-50-47-44-27-24-21-18-15-12-9-6-3)79-73(76)67-64-61-58-55-52-49-46-42-29-26-23-20-17-14-11-8-5-2/h7,9-10,12,16-21,25-29,31-32,34-35,37-38,40-41,44-45,48,70H,4-6,8,11,13-15,22-24,30,33,36,39,42-43,46-47,49-69H2,1-3H3/b10-7-,12-9-,19-16-,20-17-,21-18-,28-25-,29-26-,32-31-,35-34-,38-37-,41-40-,44-27-,48-45-. The number of unbranched alkanes of at least 4 members (excludes halogenated alkanes) is 19. The Morgan fingerprint density at radius 2 is 0.494 bits per heavy atom. The lowest BCUT2D eigenvalue weighted by Gasteiger charge is -2.18. The molecule has 0 spiro atoms. The summed E-state index contributed by atoms with van der Waals surface area (Å²) in [6.07, 6.45) is 95.3. The number of hydrogen-bond acceptors (Lipinski definition) is 6. The van der Waals surface area contributed by atoms with Gasteiger partial charge in [-0.15, -0.1) is 0 Å². The van der Waals surface area contributed by atoms with E-state index in [0.717, 1.165) is 173 Å². The number of rotatable bonds is 56. The van der Waals surface area contributed by atoms with Crippen molar-refractivity contribution in [2.24, 2.45) is 0 Å². The average molecular weight is 1090 g/mol. The number of ether oxygens (including phenoxy) is 3. The van der Waals surface area contributed by atoms with E-state index in [1.54, 1.807) is 0 Å². The fraction of sp³-hybridized carbons (Fsp3) is 0.603. The van der Waals surface area contributed by atoms with Crippen LogP contribution in [0.1, 0.15) is 265 Å². The molecule has 0 aliphatic rings. The summed E-state index contributed by atoms with van der Waals surface area (Å²) in [5, 5.41) is 0. The molecule has 6 heteroatoms. The van der Waals surface area contributed by atoms with Gasteiger partial charge in [0.2, 0.25) is 0 Å². The topological polar surface area (TPSA) is 78.9 Å².